The van der Waals surface area contributed by atoms with Gasteiger partial charge in [-0.2, -0.15) is 0 Å². The molecule has 0 aliphatic rings. The number of hydrogen-bond donors (Lipinski definition) is 1. The van der Waals surface area contributed by atoms with Crippen LogP contribution >= 0.6 is 0 Å². The van der Waals surface area contributed by atoms with E-state index in [9.17, 15) is 13.6 Å². The molecule has 0 aliphatic heterocycles. The van der Waals surface area contributed by atoms with E-state index in [-0.39, 0.29) is 17.7 Å². The van der Waals surface area contributed by atoms with Gasteiger partial charge in [0.25, 0.3) is 0 Å². The number of halogens is 2. The lowest BCUT2D eigenvalue weighted by molar-refractivity contribution is 0.0695. The van der Waals surface area contributed by atoms with Crippen molar-refractivity contribution in [1.29, 1.82) is 0 Å². The molecule has 0 atom stereocenters. The highest BCUT2D eigenvalue weighted by Crippen LogP contribution is 2.23. The van der Waals surface area contributed by atoms with Crippen molar-refractivity contribution in [3.8, 4) is 5.75 Å². The lowest BCUT2D eigenvalue weighted by Crippen LogP contribution is -2.04. The molecule has 0 bridgehead atoms. The fraction of sp³-hybridized carbons (Fsp3) is 0.133. The maximum absolute atomic E-state index is 13.5. The molecule has 0 amide bonds. The number of hydrogen-bond acceptors (Lipinski definition) is 2. The maximum Gasteiger partial charge on any atom is 0.336 e. The van der Waals surface area contributed by atoms with Gasteiger partial charge in [-0.25, -0.2) is 13.6 Å². The second kappa shape index (κ2) is 5.69. The van der Waals surface area contributed by atoms with Gasteiger partial charge in [-0.05, 0) is 25.1 Å². The van der Waals surface area contributed by atoms with Crippen molar-refractivity contribution in [3.63, 3.8) is 0 Å². The van der Waals surface area contributed by atoms with Crippen molar-refractivity contribution in [3.05, 3.63) is 64.7 Å². The van der Waals surface area contributed by atoms with Crippen LogP contribution in [0.25, 0.3) is 0 Å². The number of carboxylic acid groups (broad SMARTS) is 1. The second-order valence-electron chi connectivity index (χ2n) is 4.24. The molecule has 0 saturated carbocycles. The third-order valence-corrected chi connectivity index (χ3v) is 2.93. The van der Waals surface area contributed by atoms with Gasteiger partial charge in [0.1, 0.15) is 12.4 Å². The molecule has 0 aliphatic carbocycles. The Balaban J connectivity index is 2.21. The summed E-state index contributed by atoms with van der Waals surface area (Å²) >= 11 is 0. The zero-order chi connectivity index (χ0) is 14.7. The Hall–Kier alpha value is -2.43. The van der Waals surface area contributed by atoms with Gasteiger partial charge in [-0.1, -0.05) is 18.2 Å². The summed E-state index contributed by atoms with van der Waals surface area (Å²) in [7, 11) is 0. The Morgan fingerprint density at radius 2 is 1.90 bits per heavy atom. The average Bonchev–Trinajstić information content (AvgIpc) is 2.41. The molecule has 0 fully saturated rings. The largest absolute Gasteiger partial charge is 0.488 e. The molecule has 0 saturated heterocycles. The number of aromatic carboxylic acids is 1. The summed E-state index contributed by atoms with van der Waals surface area (Å²) in [5.41, 5.74) is 0.629. The molecular formula is C15H12F2O3. The van der Waals surface area contributed by atoms with Crippen molar-refractivity contribution >= 4 is 5.97 Å². The van der Waals surface area contributed by atoms with Crippen LogP contribution in [0.4, 0.5) is 8.78 Å². The van der Waals surface area contributed by atoms with Crippen LogP contribution in [0.3, 0.4) is 0 Å². The predicted molar refractivity (Wildman–Crippen MR) is 68.8 cm³/mol. The minimum Gasteiger partial charge on any atom is -0.488 e. The summed E-state index contributed by atoms with van der Waals surface area (Å²) in [6.07, 6.45) is 0. The maximum atomic E-state index is 13.5. The predicted octanol–water partition coefficient (Wildman–Crippen LogP) is 3.55. The monoisotopic (exact) mass is 278 g/mol. The standard InChI is InChI=1S/C15H12F2O3/c1-9-11(15(18)19)5-3-7-13(9)20-8-10-4-2-6-12(16)14(10)17/h2-7H,8H2,1H3,(H,18,19). The SMILES string of the molecule is Cc1c(OCc2cccc(F)c2F)cccc1C(=O)O. The molecule has 5 heteroatoms. The number of ether oxygens (including phenoxy) is 1. The van der Waals surface area contributed by atoms with Crippen LogP contribution in [-0.4, -0.2) is 11.1 Å². The summed E-state index contributed by atoms with van der Waals surface area (Å²) in [6, 6.07) is 8.39. The Morgan fingerprint density at radius 1 is 1.20 bits per heavy atom. The Kier molecular flexibility index (Phi) is 3.98. The van der Waals surface area contributed by atoms with E-state index in [1.54, 1.807) is 13.0 Å². The third kappa shape index (κ3) is 2.77. The first-order chi connectivity index (χ1) is 9.50. The van der Waals surface area contributed by atoms with Crippen LogP contribution in [0.15, 0.2) is 36.4 Å². The minimum atomic E-state index is -1.06. The van der Waals surface area contributed by atoms with E-state index in [1.165, 1.54) is 24.3 Å². The lowest BCUT2D eigenvalue weighted by Gasteiger charge is -2.11. The molecule has 0 spiro atoms. The normalized spacial score (nSPS) is 10.3. The molecule has 104 valence electrons. The van der Waals surface area contributed by atoms with E-state index < -0.39 is 17.6 Å². The fourth-order valence-corrected chi connectivity index (χ4v) is 1.82. The van der Waals surface area contributed by atoms with E-state index in [0.29, 0.717) is 11.3 Å². The molecule has 2 rings (SSSR count). The topological polar surface area (TPSA) is 46.5 Å². The van der Waals surface area contributed by atoms with Gasteiger partial charge in [0.15, 0.2) is 11.6 Å². The first-order valence-corrected chi connectivity index (χ1v) is 5.89. The number of carbonyl (C=O) groups is 1. The van der Waals surface area contributed by atoms with Gasteiger partial charge in [0.05, 0.1) is 5.56 Å². The highest BCUT2D eigenvalue weighted by molar-refractivity contribution is 5.90. The zero-order valence-corrected chi connectivity index (χ0v) is 10.7. The van der Waals surface area contributed by atoms with Crippen LogP contribution < -0.4 is 4.74 Å². The molecule has 0 radical (unpaired) electrons. The minimum absolute atomic E-state index is 0.0742. The Bertz CT molecular complexity index is 654. The first-order valence-electron chi connectivity index (χ1n) is 5.89. The first kappa shape index (κ1) is 14.0. The van der Waals surface area contributed by atoms with E-state index in [1.807, 2.05) is 0 Å². The summed E-state index contributed by atoms with van der Waals surface area (Å²) < 4.78 is 31.9. The molecule has 0 unspecified atom stereocenters. The van der Waals surface area contributed by atoms with Gasteiger partial charge in [-0.15, -0.1) is 0 Å². The molecule has 3 nitrogen and oxygen atoms in total. The van der Waals surface area contributed by atoms with E-state index in [0.717, 1.165) is 6.07 Å². The van der Waals surface area contributed by atoms with Gasteiger partial charge in [0.2, 0.25) is 0 Å². The van der Waals surface area contributed by atoms with Crippen LogP contribution in [-0.2, 0) is 6.61 Å². The van der Waals surface area contributed by atoms with E-state index in [4.69, 9.17) is 9.84 Å². The number of rotatable bonds is 4. The second-order valence-corrected chi connectivity index (χ2v) is 4.24. The van der Waals surface area contributed by atoms with Crippen molar-refractivity contribution < 1.29 is 23.4 Å². The Labute approximate surface area is 114 Å². The molecule has 2 aromatic rings. The molecule has 0 heterocycles. The van der Waals surface area contributed by atoms with Gasteiger partial charge >= 0.3 is 5.97 Å². The van der Waals surface area contributed by atoms with E-state index >= 15 is 0 Å². The quantitative estimate of drug-likeness (QED) is 0.930. The van der Waals surface area contributed by atoms with E-state index in [2.05, 4.69) is 0 Å². The van der Waals surface area contributed by atoms with Crippen molar-refractivity contribution in [1.82, 2.24) is 0 Å². The van der Waals surface area contributed by atoms with Gasteiger partial charge in [-0.3, -0.25) is 0 Å². The van der Waals surface area contributed by atoms with Crippen molar-refractivity contribution in [2.24, 2.45) is 0 Å². The fourth-order valence-electron chi connectivity index (χ4n) is 1.82. The summed E-state index contributed by atoms with van der Waals surface area (Å²) in [5, 5.41) is 8.99. The van der Waals surface area contributed by atoms with Gasteiger partial charge < -0.3 is 9.84 Å². The molecule has 20 heavy (non-hydrogen) atoms. The number of carboxylic acids is 1. The lowest BCUT2D eigenvalue weighted by atomic mass is 10.1. The van der Waals surface area contributed by atoms with Crippen molar-refractivity contribution in [2.45, 2.75) is 13.5 Å². The van der Waals surface area contributed by atoms with Crippen LogP contribution in [0.2, 0.25) is 0 Å². The van der Waals surface area contributed by atoms with Crippen LogP contribution in [0, 0.1) is 18.6 Å². The Morgan fingerprint density at radius 3 is 2.60 bits per heavy atom. The summed E-state index contributed by atoms with van der Waals surface area (Å²) in [5.74, 6) is -2.64. The molecule has 1 N–H and O–H groups in total. The summed E-state index contributed by atoms with van der Waals surface area (Å²) in [4.78, 5) is 11.0. The highest BCUT2D eigenvalue weighted by atomic mass is 19.2. The number of benzene rings is 2. The van der Waals surface area contributed by atoms with Crippen LogP contribution in [0.5, 0.6) is 5.75 Å². The molecular weight excluding hydrogens is 266 g/mol. The summed E-state index contributed by atoms with van der Waals surface area (Å²) in [6.45, 7) is 1.42. The van der Waals surface area contributed by atoms with Crippen molar-refractivity contribution in [2.75, 3.05) is 0 Å². The average molecular weight is 278 g/mol. The van der Waals surface area contributed by atoms with Crippen LogP contribution in [0.1, 0.15) is 21.5 Å². The smallest absolute Gasteiger partial charge is 0.336 e. The zero-order valence-electron chi connectivity index (χ0n) is 10.7. The van der Waals surface area contributed by atoms with Gasteiger partial charge in [0, 0.05) is 11.1 Å². The molecule has 0 aromatic heterocycles. The third-order valence-electron chi connectivity index (χ3n) is 2.93. The molecule has 2 aromatic carbocycles. The highest BCUT2D eigenvalue weighted by Gasteiger charge is 2.12.